The van der Waals surface area contributed by atoms with Gasteiger partial charge in [-0.1, -0.05) is 13.8 Å². The smallest absolute Gasteiger partial charge is 0.328 e. The summed E-state index contributed by atoms with van der Waals surface area (Å²) in [6, 6.07) is 0.476. The highest BCUT2D eigenvalue weighted by molar-refractivity contribution is 5.89. The van der Waals surface area contributed by atoms with E-state index in [2.05, 4.69) is 19.2 Å². The van der Waals surface area contributed by atoms with Crippen LogP contribution in [0, 0.1) is 0 Å². The van der Waals surface area contributed by atoms with Crippen molar-refractivity contribution in [2.75, 3.05) is 6.54 Å². The van der Waals surface area contributed by atoms with Gasteiger partial charge in [-0.2, -0.15) is 0 Å². The number of hydrogen-bond acceptors (Lipinski definition) is 4. The van der Waals surface area contributed by atoms with Crippen LogP contribution in [0.2, 0.25) is 0 Å². The van der Waals surface area contributed by atoms with E-state index in [0.29, 0.717) is 24.7 Å². The summed E-state index contributed by atoms with van der Waals surface area (Å²) in [7, 11) is 0. The van der Waals surface area contributed by atoms with E-state index in [4.69, 9.17) is 15.3 Å². The third-order valence-corrected chi connectivity index (χ3v) is 1.19. The zero-order valence-corrected chi connectivity index (χ0v) is 9.67. The molecular formula is C10H19NO5. The van der Waals surface area contributed by atoms with E-state index >= 15 is 0 Å². The molecule has 6 heteroatoms. The SMILES string of the molecule is CC(O)CNC(C)C.O=C(O)/C=C/C(=O)O. The van der Waals surface area contributed by atoms with Crippen molar-refractivity contribution < 1.29 is 24.9 Å². The van der Waals surface area contributed by atoms with Crippen molar-refractivity contribution in [2.45, 2.75) is 32.9 Å². The van der Waals surface area contributed by atoms with Gasteiger partial charge in [-0.3, -0.25) is 0 Å². The number of carboxylic acid groups (broad SMARTS) is 2. The van der Waals surface area contributed by atoms with Crippen molar-refractivity contribution in [1.82, 2.24) is 5.32 Å². The van der Waals surface area contributed by atoms with Gasteiger partial charge in [-0.15, -0.1) is 0 Å². The minimum absolute atomic E-state index is 0.225. The van der Waals surface area contributed by atoms with Crippen LogP contribution in [0.3, 0.4) is 0 Å². The van der Waals surface area contributed by atoms with Gasteiger partial charge in [0.25, 0.3) is 0 Å². The van der Waals surface area contributed by atoms with Crippen molar-refractivity contribution in [3.63, 3.8) is 0 Å². The first-order valence-corrected chi connectivity index (χ1v) is 4.81. The molecule has 0 aliphatic heterocycles. The van der Waals surface area contributed by atoms with Crippen LogP contribution in [0.4, 0.5) is 0 Å². The van der Waals surface area contributed by atoms with Gasteiger partial charge < -0.3 is 20.6 Å². The van der Waals surface area contributed by atoms with Crippen molar-refractivity contribution >= 4 is 11.9 Å². The second-order valence-corrected chi connectivity index (χ2v) is 3.42. The van der Waals surface area contributed by atoms with E-state index in [-0.39, 0.29) is 6.10 Å². The molecule has 4 N–H and O–H groups in total. The third-order valence-electron chi connectivity index (χ3n) is 1.19. The maximum atomic E-state index is 9.55. The average Bonchev–Trinajstić information content (AvgIpc) is 2.12. The zero-order valence-electron chi connectivity index (χ0n) is 9.67. The highest BCUT2D eigenvalue weighted by Crippen LogP contribution is 1.78. The van der Waals surface area contributed by atoms with Crippen LogP contribution in [0.5, 0.6) is 0 Å². The molecule has 1 atom stereocenters. The highest BCUT2D eigenvalue weighted by Gasteiger charge is 1.94. The van der Waals surface area contributed by atoms with Gasteiger partial charge in [0.1, 0.15) is 0 Å². The molecule has 0 saturated carbocycles. The molecule has 0 aliphatic rings. The summed E-state index contributed by atoms with van der Waals surface area (Å²) in [5.41, 5.74) is 0. The average molecular weight is 233 g/mol. The second kappa shape index (κ2) is 10.1. The summed E-state index contributed by atoms with van der Waals surface area (Å²) < 4.78 is 0. The lowest BCUT2D eigenvalue weighted by molar-refractivity contribution is -0.134. The van der Waals surface area contributed by atoms with E-state index in [0.717, 1.165) is 0 Å². The predicted molar refractivity (Wildman–Crippen MR) is 59.2 cm³/mol. The minimum Gasteiger partial charge on any atom is -0.478 e. The number of nitrogens with one attached hydrogen (secondary N) is 1. The summed E-state index contributed by atoms with van der Waals surface area (Å²) in [5, 5.41) is 27.5. The fraction of sp³-hybridized carbons (Fsp3) is 0.600. The van der Waals surface area contributed by atoms with Gasteiger partial charge in [-0.25, -0.2) is 9.59 Å². The van der Waals surface area contributed by atoms with Crippen molar-refractivity contribution in [2.24, 2.45) is 0 Å². The third kappa shape index (κ3) is 22.9. The molecule has 0 saturated heterocycles. The van der Waals surface area contributed by atoms with E-state index in [1.165, 1.54) is 0 Å². The highest BCUT2D eigenvalue weighted by atomic mass is 16.4. The Hall–Kier alpha value is -1.40. The first-order valence-electron chi connectivity index (χ1n) is 4.81. The lowest BCUT2D eigenvalue weighted by Gasteiger charge is -2.08. The molecule has 0 aromatic heterocycles. The lowest BCUT2D eigenvalue weighted by Crippen LogP contribution is -2.30. The normalized spacial score (nSPS) is 12.1. The number of carboxylic acids is 2. The molecule has 16 heavy (non-hydrogen) atoms. The van der Waals surface area contributed by atoms with Crippen LogP contribution in [-0.4, -0.2) is 45.9 Å². The first kappa shape index (κ1) is 17.0. The Morgan fingerprint density at radius 2 is 1.50 bits per heavy atom. The molecule has 0 heterocycles. The van der Waals surface area contributed by atoms with Crippen molar-refractivity contribution in [3.8, 4) is 0 Å². The molecule has 6 nitrogen and oxygen atoms in total. The molecule has 0 spiro atoms. The van der Waals surface area contributed by atoms with E-state index in [9.17, 15) is 9.59 Å². The number of hydrogen-bond donors (Lipinski definition) is 4. The maximum absolute atomic E-state index is 9.55. The molecular weight excluding hydrogens is 214 g/mol. The lowest BCUT2D eigenvalue weighted by atomic mass is 10.3. The molecule has 0 amide bonds. The topological polar surface area (TPSA) is 107 Å². The molecule has 0 rings (SSSR count). The van der Waals surface area contributed by atoms with Crippen LogP contribution in [0.1, 0.15) is 20.8 Å². The van der Waals surface area contributed by atoms with Gasteiger partial charge in [0.05, 0.1) is 6.10 Å². The number of aliphatic hydroxyl groups excluding tert-OH is 1. The molecule has 0 bridgehead atoms. The second-order valence-electron chi connectivity index (χ2n) is 3.42. The summed E-state index contributed by atoms with van der Waals surface area (Å²) >= 11 is 0. The Labute approximate surface area is 94.6 Å². The Morgan fingerprint density at radius 1 is 1.12 bits per heavy atom. The Balaban J connectivity index is 0. The van der Waals surface area contributed by atoms with Crippen LogP contribution in [0.15, 0.2) is 12.2 Å². The molecule has 0 aliphatic carbocycles. The fourth-order valence-corrected chi connectivity index (χ4v) is 0.549. The molecule has 0 fully saturated rings. The number of rotatable bonds is 5. The maximum Gasteiger partial charge on any atom is 0.328 e. The Morgan fingerprint density at radius 3 is 1.62 bits per heavy atom. The van der Waals surface area contributed by atoms with E-state index in [1.54, 1.807) is 6.92 Å². The molecule has 0 aromatic rings. The summed E-state index contributed by atoms with van der Waals surface area (Å²) in [6.45, 7) is 6.58. The standard InChI is InChI=1S/C6H15NO.C4H4O4/c1-5(2)7-4-6(3)8;5-3(6)1-2-4(7)8/h5-8H,4H2,1-3H3;1-2H,(H,5,6)(H,7,8)/b;2-1+. The molecule has 94 valence electrons. The van der Waals surface area contributed by atoms with Crippen LogP contribution < -0.4 is 5.32 Å². The first-order chi connectivity index (χ1) is 7.25. The quantitative estimate of drug-likeness (QED) is 0.501. The largest absolute Gasteiger partial charge is 0.478 e. The van der Waals surface area contributed by atoms with Gasteiger partial charge >= 0.3 is 11.9 Å². The molecule has 1 unspecified atom stereocenters. The Bertz CT molecular complexity index is 211. The predicted octanol–water partition coefficient (Wildman–Crippen LogP) is 0.0770. The van der Waals surface area contributed by atoms with Crippen LogP contribution in [0.25, 0.3) is 0 Å². The Kier molecular flexibility index (Phi) is 10.8. The summed E-state index contributed by atoms with van der Waals surface area (Å²) in [6.07, 6.45) is 0.891. The van der Waals surface area contributed by atoms with Crippen molar-refractivity contribution in [1.29, 1.82) is 0 Å². The number of carbonyl (C=O) groups is 2. The van der Waals surface area contributed by atoms with Crippen LogP contribution >= 0.6 is 0 Å². The fourth-order valence-electron chi connectivity index (χ4n) is 0.549. The summed E-state index contributed by atoms with van der Waals surface area (Å²) in [4.78, 5) is 19.1. The minimum atomic E-state index is -1.26. The molecule has 0 radical (unpaired) electrons. The van der Waals surface area contributed by atoms with Crippen molar-refractivity contribution in [3.05, 3.63) is 12.2 Å². The zero-order chi connectivity index (χ0) is 13.1. The summed E-state index contributed by atoms with van der Waals surface area (Å²) in [5.74, 6) is -2.51. The van der Waals surface area contributed by atoms with Gasteiger partial charge in [-0.05, 0) is 6.92 Å². The van der Waals surface area contributed by atoms with E-state index < -0.39 is 11.9 Å². The number of aliphatic carboxylic acids is 2. The van der Waals surface area contributed by atoms with Gasteiger partial charge in [0.2, 0.25) is 0 Å². The van der Waals surface area contributed by atoms with Gasteiger partial charge in [0, 0.05) is 24.7 Å². The monoisotopic (exact) mass is 233 g/mol. The van der Waals surface area contributed by atoms with Crippen LogP contribution in [-0.2, 0) is 9.59 Å². The number of aliphatic hydroxyl groups is 1. The van der Waals surface area contributed by atoms with Gasteiger partial charge in [0.15, 0.2) is 0 Å². The van der Waals surface area contributed by atoms with E-state index in [1.807, 2.05) is 0 Å². The molecule has 0 aromatic carbocycles.